The number of amides is 1. The molecule has 0 saturated carbocycles. The monoisotopic (exact) mass is 379 g/mol. The number of carbonyl (C=O) groups excluding carboxylic acids is 1. The molecular formula is C18H17N7OS. The number of carbonyl (C=O) groups is 1. The van der Waals surface area contributed by atoms with Crippen LogP contribution in [0.3, 0.4) is 0 Å². The molecule has 0 bridgehead atoms. The highest BCUT2D eigenvalue weighted by Gasteiger charge is 2.20. The summed E-state index contributed by atoms with van der Waals surface area (Å²) in [6.07, 6.45) is 0. The summed E-state index contributed by atoms with van der Waals surface area (Å²) in [5.74, 6) is 0.850. The van der Waals surface area contributed by atoms with Gasteiger partial charge in [-0.3, -0.25) is 15.0 Å². The van der Waals surface area contributed by atoms with Gasteiger partial charge in [-0.25, -0.2) is 4.98 Å². The third-order valence-corrected chi connectivity index (χ3v) is 5.08. The Morgan fingerprint density at radius 1 is 1.22 bits per heavy atom. The van der Waals surface area contributed by atoms with Crippen LogP contribution in [0.25, 0.3) is 10.9 Å². The minimum Gasteiger partial charge on any atom is -0.354 e. The van der Waals surface area contributed by atoms with Crippen molar-refractivity contribution in [3.63, 3.8) is 0 Å². The third kappa shape index (κ3) is 4.02. The van der Waals surface area contributed by atoms with Gasteiger partial charge in [-0.1, -0.05) is 11.3 Å². The Balaban J connectivity index is 1.35. The number of fused-ring (bicyclic) bond motifs is 1. The van der Waals surface area contributed by atoms with E-state index in [1.807, 2.05) is 24.3 Å². The summed E-state index contributed by atoms with van der Waals surface area (Å²) in [5.41, 5.74) is 3.11. The van der Waals surface area contributed by atoms with Crippen molar-refractivity contribution < 1.29 is 4.79 Å². The number of nitriles is 1. The van der Waals surface area contributed by atoms with Crippen LogP contribution in [0.4, 0.5) is 10.9 Å². The second kappa shape index (κ2) is 7.65. The number of nitrogens with one attached hydrogen (secondary N) is 1. The SMILES string of the molecule is N#Cc1ccc2nc(N3CCN(CC(=O)Nc4nncs4)CC3)ccc2c1. The zero-order valence-electron chi connectivity index (χ0n) is 14.5. The van der Waals surface area contributed by atoms with Gasteiger partial charge in [0.1, 0.15) is 11.3 Å². The van der Waals surface area contributed by atoms with Gasteiger partial charge in [-0.2, -0.15) is 5.26 Å². The molecule has 1 amide bonds. The first-order valence-corrected chi connectivity index (χ1v) is 9.43. The molecule has 8 nitrogen and oxygen atoms in total. The summed E-state index contributed by atoms with van der Waals surface area (Å²) in [7, 11) is 0. The number of hydrogen-bond acceptors (Lipinski definition) is 8. The lowest BCUT2D eigenvalue weighted by Crippen LogP contribution is -2.48. The maximum Gasteiger partial charge on any atom is 0.240 e. The van der Waals surface area contributed by atoms with Crippen molar-refractivity contribution in [1.82, 2.24) is 20.1 Å². The zero-order chi connectivity index (χ0) is 18.6. The Bertz CT molecular complexity index is 991. The van der Waals surface area contributed by atoms with Gasteiger partial charge in [0.2, 0.25) is 11.0 Å². The van der Waals surface area contributed by atoms with Crippen LogP contribution in [0.5, 0.6) is 0 Å². The van der Waals surface area contributed by atoms with Gasteiger partial charge >= 0.3 is 0 Å². The highest BCUT2D eigenvalue weighted by molar-refractivity contribution is 7.13. The molecule has 27 heavy (non-hydrogen) atoms. The van der Waals surface area contributed by atoms with Crippen molar-refractivity contribution in [1.29, 1.82) is 5.26 Å². The van der Waals surface area contributed by atoms with Gasteiger partial charge in [-0.05, 0) is 30.3 Å². The molecule has 4 rings (SSSR count). The first kappa shape index (κ1) is 17.3. The minimum atomic E-state index is -0.0719. The number of anilines is 2. The fraction of sp³-hybridized carbons (Fsp3) is 0.278. The third-order valence-electron chi connectivity index (χ3n) is 4.47. The van der Waals surface area contributed by atoms with Crippen LogP contribution in [0, 0.1) is 11.3 Å². The Labute approximate surface area is 160 Å². The van der Waals surface area contributed by atoms with Gasteiger partial charge in [0.15, 0.2) is 0 Å². The summed E-state index contributed by atoms with van der Waals surface area (Å²) in [5, 5.41) is 20.8. The Morgan fingerprint density at radius 3 is 2.81 bits per heavy atom. The highest BCUT2D eigenvalue weighted by Crippen LogP contribution is 2.20. The van der Waals surface area contributed by atoms with E-state index in [1.165, 1.54) is 11.3 Å². The molecule has 0 aliphatic carbocycles. The summed E-state index contributed by atoms with van der Waals surface area (Å²) >= 11 is 1.31. The zero-order valence-corrected chi connectivity index (χ0v) is 15.3. The Hall–Kier alpha value is -3.09. The lowest BCUT2D eigenvalue weighted by molar-refractivity contribution is -0.117. The van der Waals surface area contributed by atoms with Crippen molar-refractivity contribution in [2.45, 2.75) is 0 Å². The summed E-state index contributed by atoms with van der Waals surface area (Å²) in [6.45, 7) is 3.53. The van der Waals surface area contributed by atoms with Crippen LogP contribution < -0.4 is 10.2 Å². The molecule has 1 N–H and O–H groups in total. The molecule has 0 radical (unpaired) electrons. The molecule has 1 aromatic carbocycles. The molecule has 1 aliphatic heterocycles. The first-order valence-electron chi connectivity index (χ1n) is 8.55. The van der Waals surface area contributed by atoms with E-state index in [0.29, 0.717) is 17.2 Å². The topological polar surface area (TPSA) is 98.0 Å². The van der Waals surface area contributed by atoms with Crippen LogP contribution in [0.15, 0.2) is 35.8 Å². The lowest BCUT2D eigenvalue weighted by atomic mass is 10.1. The van der Waals surface area contributed by atoms with Crippen LogP contribution >= 0.6 is 11.3 Å². The van der Waals surface area contributed by atoms with Crippen LogP contribution in [-0.4, -0.2) is 58.7 Å². The molecule has 0 spiro atoms. The van der Waals surface area contributed by atoms with Crippen molar-refractivity contribution in [3.8, 4) is 6.07 Å². The van der Waals surface area contributed by atoms with E-state index in [9.17, 15) is 4.79 Å². The van der Waals surface area contributed by atoms with E-state index in [-0.39, 0.29) is 5.91 Å². The Morgan fingerprint density at radius 2 is 2.07 bits per heavy atom. The van der Waals surface area contributed by atoms with Gasteiger partial charge in [0.25, 0.3) is 0 Å². The number of rotatable bonds is 4. The van der Waals surface area contributed by atoms with Crippen molar-refractivity contribution in [3.05, 3.63) is 41.4 Å². The summed E-state index contributed by atoms with van der Waals surface area (Å²) in [6, 6.07) is 11.6. The lowest BCUT2D eigenvalue weighted by Gasteiger charge is -2.35. The average molecular weight is 379 g/mol. The molecule has 2 aromatic heterocycles. The average Bonchev–Trinajstić information content (AvgIpc) is 3.20. The molecule has 1 fully saturated rings. The summed E-state index contributed by atoms with van der Waals surface area (Å²) in [4.78, 5) is 21.1. The van der Waals surface area contributed by atoms with Gasteiger partial charge in [0.05, 0.1) is 23.7 Å². The van der Waals surface area contributed by atoms with Crippen molar-refractivity contribution in [2.75, 3.05) is 42.9 Å². The second-order valence-corrected chi connectivity index (χ2v) is 7.08. The van der Waals surface area contributed by atoms with E-state index in [4.69, 9.17) is 10.2 Å². The fourth-order valence-corrected chi connectivity index (χ4v) is 3.55. The van der Waals surface area contributed by atoms with Gasteiger partial charge in [0, 0.05) is 31.6 Å². The molecule has 0 unspecified atom stereocenters. The van der Waals surface area contributed by atoms with Crippen LogP contribution in [0.1, 0.15) is 5.56 Å². The normalized spacial score (nSPS) is 14.9. The molecule has 9 heteroatoms. The number of hydrogen-bond donors (Lipinski definition) is 1. The van der Waals surface area contributed by atoms with Crippen LogP contribution in [0.2, 0.25) is 0 Å². The van der Waals surface area contributed by atoms with E-state index in [1.54, 1.807) is 11.6 Å². The molecule has 3 heterocycles. The van der Waals surface area contributed by atoms with E-state index >= 15 is 0 Å². The molecule has 1 aliphatic rings. The smallest absolute Gasteiger partial charge is 0.240 e. The van der Waals surface area contributed by atoms with Crippen LogP contribution in [-0.2, 0) is 4.79 Å². The highest BCUT2D eigenvalue weighted by atomic mass is 32.1. The molecule has 136 valence electrons. The molecular weight excluding hydrogens is 362 g/mol. The maximum atomic E-state index is 12.1. The molecule has 1 saturated heterocycles. The number of benzene rings is 1. The predicted molar refractivity (Wildman–Crippen MR) is 104 cm³/mol. The summed E-state index contributed by atoms with van der Waals surface area (Å²) < 4.78 is 0. The first-order chi connectivity index (χ1) is 13.2. The molecule has 3 aromatic rings. The van der Waals surface area contributed by atoms with E-state index in [0.717, 1.165) is 42.9 Å². The second-order valence-electron chi connectivity index (χ2n) is 6.24. The minimum absolute atomic E-state index is 0.0719. The standard InChI is InChI=1S/C18H17N7OS/c19-10-13-1-3-15-14(9-13)2-4-16(21-15)25-7-5-24(6-8-25)11-17(26)22-18-23-20-12-27-18/h1-4,9,12H,5-8,11H2,(H,22,23,26). The fourth-order valence-electron chi connectivity index (χ4n) is 3.08. The number of nitrogens with zero attached hydrogens (tertiary/aromatic N) is 6. The predicted octanol–water partition coefficient (Wildman–Crippen LogP) is 1.72. The quantitative estimate of drug-likeness (QED) is 0.737. The van der Waals surface area contributed by atoms with E-state index in [2.05, 4.69) is 31.4 Å². The molecule has 0 atom stereocenters. The van der Waals surface area contributed by atoms with E-state index < -0.39 is 0 Å². The Kier molecular flexibility index (Phi) is 4.91. The number of piperazine rings is 1. The van der Waals surface area contributed by atoms with Gasteiger partial charge in [-0.15, -0.1) is 10.2 Å². The van der Waals surface area contributed by atoms with Gasteiger partial charge < -0.3 is 4.90 Å². The van der Waals surface area contributed by atoms with Crippen molar-refractivity contribution >= 4 is 39.1 Å². The number of pyridine rings is 1. The maximum absolute atomic E-state index is 12.1. The van der Waals surface area contributed by atoms with Crippen molar-refractivity contribution in [2.24, 2.45) is 0 Å². The largest absolute Gasteiger partial charge is 0.354 e. The number of aromatic nitrogens is 3.